The summed E-state index contributed by atoms with van der Waals surface area (Å²) in [5.74, 6) is 1.18. The smallest absolute Gasteiger partial charge is 0.255 e. The van der Waals surface area contributed by atoms with Crippen LogP contribution in [0.25, 0.3) is 10.9 Å². The van der Waals surface area contributed by atoms with Gasteiger partial charge in [-0.05, 0) is 18.7 Å². The van der Waals surface area contributed by atoms with Gasteiger partial charge in [0.15, 0.2) is 11.5 Å². The van der Waals surface area contributed by atoms with Crippen LogP contribution in [0.5, 0.6) is 11.5 Å². The fourth-order valence-electron chi connectivity index (χ4n) is 2.48. The van der Waals surface area contributed by atoms with Gasteiger partial charge in [0, 0.05) is 28.6 Å². The molecular formula is C17H21ClN2O3. The van der Waals surface area contributed by atoms with Gasteiger partial charge in [-0.1, -0.05) is 25.1 Å². The van der Waals surface area contributed by atoms with E-state index in [-0.39, 0.29) is 12.1 Å². The second kappa shape index (κ2) is 7.53. The average molecular weight is 337 g/mol. The first-order valence-electron chi connectivity index (χ1n) is 7.34. The molecule has 0 spiro atoms. The Kier molecular flexibility index (Phi) is 5.69. The van der Waals surface area contributed by atoms with Gasteiger partial charge in [0.25, 0.3) is 5.56 Å². The van der Waals surface area contributed by atoms with E-state index in [4.69, 9.17) is 21.1 Å². The Hall–Kier alpha value is -1.98. The Morgan fingerprint density at radius 1 is 1.26 bits per heavy atom. The van der Waals surface area contributed by atoms with Gasteiger partial charge in [0.1, 0.15) is 0 Å². The van der Waals surface area contributed by atoms with Crippen LogP contribution in [-0.2, 0) is 13.1 Å². The highest BCUT2D eigenvalue weighted by Crippen LogP contribution is 2.32. The fraction of sp³-hybridized carbons (Fsp3) is 0.353. The van der Waals surface area contributed by atoms with Crippen LogP contribution >= 0.6 is 11.6 Å². The Bertz CT molecular complexity index is 783. The van der Waals surface area contributed by atoms with Crippen LogP contribution in [0.4, 0.5) is 0 Å². The van der Waals surface area contributed by atoms with Crippen molar-refractivity contribution in [1.82, 2.24) is 9.88 Å². The van der Waals surface area contributed by atoms with Gasteiger partial charge in [0.2, 0.25) is 0 Å². The Balaban J connectivity index is 2.75. The third kappa shape index (κ3) is 3.68. The van der Waals surface area contributed by atoms with Crippen LogP contribution in [0.1, 0.15) is 12.5 Å². The van der Waals surface area contributed by atoms with Crippen molar-refractivity contribution in [3.05, 3.63) is 45.7 Å². The number of ether oxygens (including phenoxy) is 2. The van der Waals surface area contributed by atoms with Crippen molar-refractivity contribution in [2.24, 2.45) is 0 Å². The highest BCUT2D eigenvalue weighted by Gasteiger charge is 2.14. The van der Waals surface area contributed by atoms with Crippen LogP contribution in [0.3, 0.4) is 0 Å². The molecule has 0 atom stereocenters. The largest absolute Gasteiger partial charge is 0.493 e. The summed E-state index contributed by atoms with van der Waals surface area (Å²) in [5.41, 5.74) is 1.31. The summed E-state index contributed by atoms with van der Waals surface area (Å²) in [5, 5.41) is 4.45. The third-order valence-corrected chi connectivity index (χ3v) is 3.69. The molecule has 0 radical (unpaired) electrons. The minimum absolute atomic E-state index is 0.0903. The monoisotopic (exact) mass is 336 g/mol. The van der Waals surface area contributed by atoms with Gasteiger partial charge >= 0.3 is 0 Å². The van der Waals surface area contributed by atoms with Crippen molar-refractivity contribution in [3.8, 4) is 11.5 Å². The summed E-state index contributed by atoms with van der Waals surface area (Å²) in [4.78, 5) is 12.7. The van der Waals surface area contributed by atoms with Crippen LogP contribution in [-0.4, -0.2) is 25.3 Å². The molecule has 1 aromatic heterocycles. The van der Waals surface area contributed by atoms with Gasteiger partial charge in [-0.2, -0.15) is 0 Å². The number of nitrogens with zero attached hydrogens (tertiary/aromatic N) is 1. The molecule has 0 unspecified atom stereocenters. The number of hydrogen-bond acceptors (Lipinski definition) is 4. The van der Waals surface area contributed by atoms with Crippen LogP contribution < -0.4 is 20.3 Å². The molecule has 0 saturated carbocycles. The quantitative estimate of drug-likeness (QED) is 0.844. The third-order valence-electron chi connectivity index (χ3n) is 3.57. The number of hydrogen-bond donors (Lipinski definition) is 1. The fourth-order valence-corrected chi connectivity index (χ4v) is 2.60. The van der Waals surface area contributed by atoms with Gasteiger partial charge in [0.05, 0.1) is 26.3 Å². The zero-order valence-corrected chi connectivity index (χ0v) is 14.4. The molecule has 2 aromatic rings. The average Bonchev–Trinajstić information content (AvgIpc) is 2.54. The first-order chi connectivity index (χ1) is 11.0. The first kappa shape index (κ1) is 17.4. The normalized spacial score (nSPS) is 10.8. The lowest BCUT2D eigenvalue weighted by Crippen LogP contribution is -2.27. The molecule has 0 bridgehead atoms. The number of halogens is 1. The Labute approximate surface area is 140 Å². The van der Waals surface area contributed by atoms with E-state index in [1.165, 1.54) is 0 Å². The van der Waals surface area contributed by atoms with Gasteiger partial charge < -0.3 is 19.4 Å². The van der Waals surface area contributed by atoms with Crippen molar-refractivity contribution in [1.29, 1.82) is 0 Å². The molecule has 124 valence electrons. The summed E-state index contributed by atoms with van der Waals surface area (Å²) in [6.07, 6.45) is 0. The van der Waals surface area contributed by atoms with Crippen LogP contribution in [0.15, 0.2) is 34.6 Å². The topological polar surface area (TPSA) is 52.5 Å². The van der Waals surface area contributed by atoms with Crippen molar-refractivity contribution >= 4 is 22.5 Å². The summed E-state index contributed by atoms with van der Waals surface area (Å²) < 4.78 is 12.3. The second-order valence-corrected chi connectivity index (χ2v) is 5.66. The highest BCUT2D eigenvalue weighted by atomic mass is 35.5. The van der Waals surface area contributed by atoms with Crippen LogP contribution in [0.2, 0.25) is 0 Å². The number of aromatic nitrogens is 1. The van der Waals surface area contributed by atoms with Crippen molar-refractivity contribution in [2.45, 2.75) is 20.0 Å². The minimum Gasteiger partial charge on any atom is -0.493 e. The molecule has 6 heteroatoms. The summed E-state index contributed by atoms with van der Waals surface area (Å²) in [6, 6.07) is 5.51. The first-order valence-corrected chi connectivity index (χ1v) is 7.72. The number of methoxy groups -OCH3 is 2. The molecule has 23 heavy (non-hydrogen) atoms. The molecule has 0 amide bonds. The molecule has 1 aromatic carbocycles. The molecule has 0 fully saturated rings. The summed E-state index contributed by atoms with van der Waals surface area (Å²) in [7, 11) is 3.14. The lowest BCUT2D eigenvalue weighted by atomic mass is 10.1. The molecular weight excluding hydrogens is 316 g/mol. The lowest BCUT2D eigenvalue weighted by Gasteiger charge is -2.15. The molecule has 0 aliphatic rings. The molecule has 1 heterocycles. The molecule has 1 N–H and O–H groups in total. The van der Waals surface area contributed by atoms with E-state index in [2.05, 4.69) is 11.9 Å². The summed E-state index contributed by atoms with van der Waals surface area (Å²) >= 11 is 5.95. The number of pyridine rings is 1. The van der Waals surface area contributed by atoms with E-state index in [0.717, 1.165) is 17.4 Å². The zero-order valence-electron chi connectivity index (χ0n) is 13.6. The van der Waals surface area contributed by atoms with Crippen molar-refractivity contribution in [3.63, 3.8) is 0 Å². The number of nitrogens with one attached hydrogen (secondary N) is 1. The maximum absolute atomic E-state index is 12.7. The van der Waals surface area contributed by atoms with E-state index < -0.39 is 0 Å². The standard InChI is InChI=1S/C17H21ClN2O3/c1-5-19-9-13-6-12-7-15(22-3)16(23-4)8-14(12)20(17(13)21)10-11(2)18/h6-8,19H,2,5,9-10H2,1,3-4H3. The molecule has 0 aliphatic heterocycles. The van der Waals surface area contributed by atoms with Gasteiger partial charge in [-0.3, -0.25) is 4.79 Å². The predicted octanol–water partition coefficient (Wildman–Crippen LogP) is 2.88. The number of rotatable bonds is 7. The molecule has 0 saturated heterocycles. The van der Waals surface area contributed by atoms with Crippen LogP contribution in [0, 0.1) is 0 Å². The van der Waals surface area contributed by atoms with E-state index in [9.17, 15) is 4.79 Å². The number of allylic oxidation sites excluding steroid dienone is 1. The zero-order chi connectivity index (χ0) is 17.0. The van der Waals surface area contributed by atoms with Crippen molar-refractivity contribution < 1.29 is 9.47 Å². The molecule has 2 rings (SSSR count). The highest BCUT2D eigenvalue weighted by molar-refractivity contribution is 6.29. The van der Waals surface area contributed by atoms with Gasteiger partial charge in [-0.15, -0.1) is 0 Å². The van der Waals surface area contributed by atoms with E-state index in [1.54, 1.807) is 24.9 Å². The van der Waals surface area contributed by atoms with Gasteiger partial charge in [-0.25, -0.2) is 0 Å². The number of benzene rings is 1. The van der Waals surface area contributed by atoms with E-state index in [1.807, 2.05) is 19.1 Å². The molecule has 0 aliphatic carbocycles. The van der Waals surface area contributed by atoms with E-state index >= 15 is 0 Å². The second-order valence-electron chi connectivity index (χ2n) is 5.12. The minimum atomic E-state index is -0.0903. The van der Waals surface area contributed by atoms with Crippen molar-refractivity contribution in [2.75, 3.05) is 20.8 Å². The Morgan fingerprint density at radius 2 is 1.91 bits per heavy atom. The maximum atomic E-state index is 12.7. The Morgan fingerprint density at radius 3 is 2.48 bits per heavy atom. The predicted molar refractivity (Wildman–Crippen MR) is 93.7 cm³/mol. The van der Waals surface area contributed by atoms with E-state index in [0.29, 0.717) is 28.6 Å². The molecule has 5 nitrogen and oxygen atoms in total. The lowest BCUT2D eigenvalue weighted by molar-refractivity contribution is 0.355. The number of fused-ring (bicyclic) bond motifs is 1. The summed E-state index contributed by atoms with van der Waals surface area (Å²) in [6.45, 7) is 7.21. The SMILES string of the molecule is C=C(Cl)Cn1c(=O)c(CNCC)cc2cc(OC)c(OC)cc21. The maximum Gasteiger partial charge on any atom is 0.255 e.